The van der Waals surface area contributed by atoms with Crippen LogP contribution in [0.3, 0.4) is 0 Å². The molecule has 6 heteroatoms. The lowest BCUT2D eigenvalue weighted by Crippen LogP contribution is -2.47. The van der Waals surface area contributed by atoms with Crippen molar-refractivity contribution < 1.29 is 14.6 Å². The molecule has 1 amide bonds. The number of carbonyl (C=O) groups is 1. The number of carbonyl (C=O) groups excluding carboxylic acids is 1. The van der Waals surface area contributed by atoms with Crippen molar-refractivity contribution in [2.75, 3.05) is 13.1 Å². The van der Waals surface area contributed by atoms with E-state index >= 15 is 0 Å². The second-order valence-corrected chi connectivity index (χ2v) is 8.91. The van der Waals surface area contributed by atoms with Gasteiger partial charge in [-0.3, -0.25) is 4.90 Å². The maximum atomic E-state index is 12.0. The van der Waals surface area contributed by atoms with E-state index in [9.17, 15) is 9.90 Å². The average Bonchev–Trinajstić information content (AvgIpc) is 3.11. The van der Waals surface area contributed by atoms with Crippen LogP contribution in [0.15, 0.2) is 41.8 Å². The third-order valence-corrected chi connectivity index (χ3v) is 5.58. The molecule has 1 aliphatic heterocycles. The topological polar surface area (TPSA) is 61.8 Å². The number of ether oxygens (including phenoxy) is 1. The summed E-state index contributed by atoms with van der Waals surface area (Å²) in [4.78, 5) is 15.6. The average molecular weight is 389 g/mol. The summed E-state index contributed by atoms with van der Waals surface area (Å²) in [6.45, 7) is 7.29. The van der Waals surface area contributed by atoms with Gasteiger partial charge in [0.15, 0.2) is 0 Å². The first-order valence-corrected chi connectivity index (χ1v) is 10.3. The second kappa shape index (κ2) is 8.31. The molecular weight excluding hydrogens is 360 g/mol. The zero-order chi connectivity index (χ0) is 19.4. The molecule has 0 saturated carbocycles. The number of nitrogens with one attached hydrogen (secondary N) is 1. The Kier molecular flexibility index (Phi) is 6.07. The van der Waals surface area contributed by atoms with Gasteiger partial charge >= 0.3 is 6.09 Å². The third-order valence-electron chi connectivity index (χ3n) is 4.66. The van der Waals surface area contributed by atoms with Gasteiger partial charge in [0.1, 0.15) is 11.4 Å². The fourth-order valence-electron chi connectivity index (χ4n) is 3.47. The summed E-state index contributed by atoms with van der Waals surface area (Å²) in [6, 6.07) is 11.9. The van der Waals surface area contributed by atoms with Crippen molar-refractivity contribution in [3.8, 4) is 5.75 Å². The number of para-hydroxylation sites is 1. The Morgan fingerprint density at radius 2 is 1.93 bits per heavy atom. The number of likely N-dealkylation sites (tertiary alicyclic amines) is 1. The number of hydrogen-bond acceptors (Lipinski definition) is 5. The van der Waals surface area contributed by atoms with Gasteiger partial charge in [0.05, 0.1) is 6.04 Å². The molecule has 1 fully saturated rings. The zero-order valence-corrected chi connectivity index (χ0v) is 17.0. The molecule has 3 rings (SSSR count). The van der Waals surface area contributed by atoms with E-state index in [1.165, 1.54) is 4.88 Å². The summed E-state index contributed by atoms with van der Waals surface area (Å²) in [5.74, 6) is 0.324. The number of aromatic hydroxyl groups is 1. The van der Waals surface area contributed by atoms with Crippen molar-refractivity contribution in [1.82, 2.24) is 10.2 Å². The molecule has 0 unspecified atom stereocenters. The van der Waals surface area contributed by atoms with Crippen molar-refractivity contribution in [3.63, 3.8) is 0 Å². The van der Waals surface area contributed by atoms with Crippen LogP contribution in [0.5, 0.6) is 5.75 Å². The van der Waals surface area contributed by atoms with E-state index in [2.05, 4.69) is 21.7 Å². The number of nitrogens with zero attached hydrogens (tertiary/aromatic N) is 1. The number of alkyl carbamates (subject to hydrolysis) is 1. The molecule has 27 heavy (non-hydrogen) atoms. The van der Waals surface area contributed by atoms with E-state index in [0.29, 0.717) is 5.75 Å². The fraction of sp³-hybridized carbons (Fsp3) is 0.476. The molecule has 5 nitrogen and oxygen atoms in total. The number of piperidine rings is 1. The van der Waals surface area contributed by atoms with E-state index in [1.54, 1.807) is 17.4 Å². The minimum Gasteiger partial charge on any atom is -0.508 e. The molecule has 1 atom stereocenters. The number of amides is 1. The Bertz CT molecular complexity index is 747. The van der Waals surface area contributed by atoms with Gasteiger partial charge in [-0.15, -0.1) is 11.3 Å². The lowest BCUT2D eigenvalue weighted by atomic mass is 9.97. The molecular formula is C21H28N2O3S. The largest absolute Gasteiger partial charge is 0.508 e. The van der Waals surface area contributed by atoms with Gasteiger partial charge in [-0.2, -0.15) is 0 Å². The molecule has 0 bridgehead atoms. The van der Waals surface area contributed by atoms with E-state index in [-0.39, 0.29) is 18.2 Å². The molecule has 2 heterocycles. The lowest BCUT2D eigenvalue weighted by molar-refractivity contribution is 0.0473. The lowest BCUT2D eigenvalue weighted by Gasteiger charge is -2.38. The summed E-state index contributed by atoms with van der Waals surface area (Å²) in [7, 11) is 0. The molecule has 1 aliphatic rings. The van der Waals surface area contributed by atoms with E-state index < -0.39 is 5.60 Å². The smallest absolute Gasteiger partial charge is 0.407 e. The van der Waals surface area contributed by atoms with Crippen LogP contribution in [-0.4, -0.2) is 40.8 Å². The third kappa shape index (κ3) is 5.23. The Hall–Kier alpha value is -2.05. The van der Waals surface area contributed by atoms with Crippen molar-refractivity contribution in [3.05, 3.63) is 52.2 Å². The normalized spacial score (nSPS) is 17.4. The first-order valence-electron chi connectivity index (χ1n) is 9.38. The van der Waals surface area contributed by atoms with Gasteiger partial charge in [0, 0.05) is 29.6 Å². The number of thiophene rings is 1. The maximum absolute atomic E-state index is 12.0. The molecule has 0 radical (unpaired) electrons. The molecule has 1 aromatic heterocycles. The van der Waals surface area contributed by atoms with Crippen LogP contribution >= 0.6 is 11.3 Å². The molecule has 0 aliphatic carbocycles. The van der Waals surface area contributed by atoms with Gasteiger partial charge in [-0.25, -0.2) is 4.79 Å². The first-order chi connectivity index (χ1) is 12.8. The zero-order valence-electron chi connectivity index (χ0n) is 16.1. The summed E-state index contributed by atoms with van der Waals surface area (Å²) in [6.07, 6.45) is 1.36. The summed E-state index contributed by atoms with van der Waals surface area (Å²) < 4.78 is 5.36. The molecule has 0 spiro atoms. The monoisotopic (exact) mass is 388 g/mol. The highest BCUT2D eigenvalue weighted by Crippen LogP contribution is 2.37. The predicted molar refractivity (Wildman–Crippen MR) is 108 cm³/mol. The standard InChI is InChI=1S/C21H28N2O3S/c1-21(2,3)26-20(25)22-15-10-12-23(13-11-15)19(18-9-6-14-27-18)16-7-4-5-8-17(16)24/h4-9,14-15,19,24H,10-13H2,1-3H3,(H,22,25)/t19-/m1/s1. The van der Waals surface area contributed by atoms with Crippen LogP contribution in [0.1, 0.15) is 50.1 Å². The number of phenols is 1. The maximum Gasteiger partial charge on any atom is 0.407 e. The van der Waals surface area contributed by atoms with Crippen molar-refractivity contribution in [2.24, 2.45) is 0 Å². The van der Waals surface area contributed by atoms with E-state index in [4.69, 9.17) is 4.74 Å². The van der Waals surface area contributed by atoms with Crippen LogP contribution in [-0.2, 0) is 4.74 Å². The molecule has 2 aromatic rings. The quantitative estimate of drug-likeness (QED) is 0.808. The highest BCUT2D eigenvalue weighted by molar-refractivity contribution is 7.10. The van der Waals surface area contributed by atoms with Gasteiger partial charge in [-0.1, -0.05) is 24.3 Å². The van der Waals surface area contributed by atoms with Crippen molar-refractivity contribution in [1.29, 1.82) is 0 Å². The fourth-order valence-corrected chi connectivity index (χ4v) is 4.35. The van der Waals surface area contributed by atoms with Gasteiger partial charge < -0.3 is 15.2 Å². The number of benzene rings is 1. The number of rotatable bonds is 4. The minimum absolute atomic E-state index is 0.0358. The van der Waals surface area contributed by atoms with E-state index in [1.807, 2.05) is 45.0 Å². The van der Waals surface area contributed by atoms with E-state index in [0.717, 1.165) is 31.5 Å². The Balaban J connectivity index is 1.67. The van der Waals surface area contributed by atoms with Crippen LogP contribution in [0.25, 0.3) is 0 Å². The highest BCUT2D eigenvalue weighted by atomic mass is 32.1. The molecule has 1 saturated heterocycles. The number of hydrogen-bond donors (Lipinski definition) is 2. The van der Waals surface area contributed by atoms with Crippen LogP contribution in [0, 0.1) is 0 Å². The number of phenolic OH excluding ortho intramolecular Hbond substituents is 1. The first kappa shape index (κ1) is 19.7. The van der Waals surface area contributed by atoms with Crippen LogP contribution in [0.4, 0.5) is 4.79 Å². The molecule has 146 valence electrons. The van der Waals surface area contributed by atoms with Crippen LogP contribution < -0.4 is 5.32 Å². The second-order valence-electron chi connectivity index (χ2n) is 7.93. The molecule has 1 aromatic carbocycles. The van der Waals surface area contributed by atoms with Crippen molar-refractivity contribution >= 4 is 17.4 Å². The van der Waals surface area contributed by atoms with Crippen LogP contribution in [0.2, 0.25) is 0 Å². The highest BCUT2D eigenvalue weighted by Gasteiger charge is 2.30. The minimum atomic E-state index is -0.486. The van der Waals surface area contributed by atoms with Crippen molar-refractivity contribution in [2.45, 2.75) is 51.3 Å². The summed E-state index contributed by atoms with van der Waals surface area (Å²) in [5, 5.41) is 15.4. The predicted octanol–water partition coefficient (Wildman–Crippen LogP) is 4.53. The van der Waals surface area contributed by atoms with Gasteiger partial charge in [0.2, 0.25) is 0 Å². The Labute approximate surface area is 165 Å². The Morgan fingerprint density at radius 1 is 1.22 bits per heavy atom. The molecule has 2 N–H and O–H groups in total. The van der Waals surface area contributed by atoms with Gasteiger partial charge in [-0.05, 0) is 51.1 Å². The summed E-state index contributed by atoms with van der Waals surface area (Å²) in [5.41, 5.74) is 0.443. The summed E-state index contributed by atoms with van der Waals surface area (Å²) >= 11 is 1.70. The Morgan fingerprint density at radius 3 is 2.52 bits per heavy atom. The SMILES string of the molecule is CC(C)(C)OC(=O)NC1CCN([C@@H](c2cccs2)c2ccccc2O)CC1. The van der Waals surface area contributed by atoms with Gasteiger partial charge in [0.25, 0.3) is 0 Å².